The summed E-state index contributed by atoms with van der Waals surface area (Å²) < 4.78 is 25.6. The number of thioether (sulfide) groups is 1. The Morgan fingerprint density at radius 3 is 2.37 bits per heavy atom. The van der Waals surface area contributed by atoms with Gasteiger partial charge in [0.2, 0.25) is 21.9 Å². The summed E-state index contributed by atoms with van der Waals surface area (Å²) in [6.45, 7) is 5.88. The number of aliphatic hydroxyl groups excluding tert-OH is 1. The molecule has 0 spiro atoms. The van der Waals surface area contributed by atoms with E-state index in [0.29, 0.717) is 27.5 Å². The van der Waals surface area contributed by atoms with Gasteiger partial charge in [0.25, 0.3) is 0 Å². The van der Waals surface area contributed by atoms with E-state index in [1.165, 1.54) is 11.8 Å². The van der Waals surface area contributed by atoms with Gasteiger partial charge < -0.3 is 10.4 Å². The second-order valence-corrected chi connectivity index (χ2v) is 11.1. The fraction of sp³-hybridized carbons (Fsp3) is 0.500. The highest BCUT2D eigenvalue weighted by atomic mass is 35.5. The Labute approximate surface area is 191 Å². The van der Waals surface area contributed by atoms with E-state index in [0.717, 1.165) is 11.8 Å². The molecule has 0 amide bonds. The number of nitrogens with zero attached hydrogens (tertiary/aromatic N) is 3. The van der Waals surface area contributed by atoms with E-state index in [2.05, 4.69) is 25.0 Å². The number of hydrogen-bond donors (Lipinski definition) is 3. The summed E-state index contributed by atoms with van der Waals surface area (Å²) in [5, 5.41) is 13.9. The summed E-state index contributed by atoms with van der Waals surface area (Å²) in [4.78, 5) is 12.7. The first-order valence-electron chi connectivity index (χ1n) is 9.19. The van der Waals surface area contributed by atoms with Crippen molar-refractivity contribution in [2.75, 3.05) is 22.9 Å². The molecule has 1 aromatic carbocycles. The first kappa shape index (κ1) is 24.9. The van der Waals surface area contributed by atoms with Gasteiger partial charge in [-0.05, 0) is 37.0 Å². The molecule has 0 saturated carbocycles. The molecule has 0 fully saturated rings. The van der Waals surface area contributed by atoms with E-state index in [1.54, 1.807) is 12.1 Å². The van der Waals surface area contributed by atoms with E-state index in [9.17, 15) is 13.5 Å². The van der Waals surface area contributed by atoms with Crippen LogP contribution in [0.15, 0.2) is 23.4 Å². The maximum absolute atomic E-state index is 11.7. The summed E-state index contributed by atoms with van der Waals surface area (Å²) >= 11 is 13.6. The molecule has 0 bridgehead atoms. The smallest absolute Gasteiger partial charge is 0.242 e. The molecule has 1 heterocycles. The number of aromatic nitrogens is 3. The van der Waals surface area contributed by atoms with Crippen LogP contribution in [0.2, 0.25) is 10.0 Å². The van der Waals surface area contributed by atoms with Crippen LogP contribution in [0, 0.1) is 5.92 Å². The Morgan fingerprint density at radius 2 is 1.80 bits per heavy atom. The van der Waals surface area contributed by atoms with Gasteiger partial charge in [-0.3, -0.25) is 4.72 Å². The molecule has 1 unspecified atom stereocenters. The third-order valence-corrected chi connectivity index (χ3v) is 6.00. The van der Waals surface area contributed by atoms with Crippen LogP contribution in [0.3, 0.4) is 0 Å². The van der Waals surface area contributed by atoms with Crippen LogP contribution in [0.25, 0.3) is 0 Å². The first-order valence-corrected chi connectivity index (χ1v) is 12.7. The predicted molar refractivity (Wildman–Crippen MR) is 123 cm³/mol. The molecule has 8 nitrogen and oxygen atoms in total. The van der Waals surface area contributed by atoms with Gasteiger partial charge >= 0.3 is 0 Å². The molecule has 1 aromatic heterocycles. The van der Waals surface area contributed by atoms with Crippen molar-refractivity contribution in [2.45, 2.75) is 43.6 Å². The van der Waals surface area contributed by atoms with Gasteiger partial charge in [0.1, 0.15) is 0 Å². The number of rotatable bonds is 10. The zero-order valence-electron chi connectivity index (χ0n) is 17.1. The third-order valence-electron chi connectivity index (χ3n) is 3.88. The molecule has 2 aromatic rings. The van der Waals surface area contributed by atoms with Gasteiger partial charge in [-0.25, -0.2) is 8.42 Å². The van der Waals surface area contributed by atoms with Gasteiger partial charge in [0.05, 0.1) is 18.9 Å². The highest BCUT2D eigenvalue weighted by Gasteiger charge is 2.18. The van der Waals surface area contributed by atoms with Crippen molar-refractivity contribution in [1.29, 1.82) is 0 Å². The largest absolute Gasteiger partial charge is 0.394 e. The second kappa shape index (κ2) is 10.8. The van der Waals surface area contributed by atoms with Gasteiger partial charge in [-0.2, -0.15) is 15.0 Å². The zero-order chi connectivity index (χ0) is 22.5. The average Bonchev–Trinajstić information content (AvgIpc) is 2.58. The normalized spacial score (nSPS) is 13.9. The summed E-state index contributed by atoms with van der Waals surface area (Å²) in [7, 11) is -3.58. The minimum Gasteiger partial charge on any atom is -0.394 e. The third kappa shape index (κ3) is 8.07. The van der Waals surface area contributed by atoms with Crippen molar-refractivity contribution in [3.8, 4) is 0 Å². The molecule has 0 aliphatic rings. The van der Waals surface area contributed by atoms with Crippen molar-refractivity contribution < 1.29 is 13.5 Å². The average molecular weight is 494 g/mol. The van der Waals surface area contributed by atoms with E-state index in [-0.39, 0.29) is 29.8 Å². The molecule has 0 aliphatic carbocycles. The second-order valence-electron chi connectivity index (χ2n) is 7.22. The number of benzene rings is 1. The number of anilines is 2. The Balaban J connectivity index is 2.33. The molecule has 0 radical (unpaired) electrons. The molecule has 30 heavy (non-hydrogen) atoms. The molecule has 12 heteroatoms. The summed E-state index contributed by atoms with van der Waals surface area (Å²) in [6.07, 6.45) is 1.71. The van der Waals surface area contributed by atoms with E-state index in [1.807, 2.05) is 26.8 Å². The minimum atomic E-state index is -3.58. The van der Waals surface area contributed by atoms with Crippen LogP contribution in [-0.2, 0) is 10.0 Å². The van der Waals surface area contributed by atoms with E-state index < -0.39 is 10.0 Å². The summed E-state index contributed by atoms with van der Waals surface area (Å²) in [5.74, 6) is 0.409. The molecule has 0 saturated heterocycles. The van der Waals surface area contributed by atoms with Crippen LogP contribution in [0.5, 0.6) is 0 Å². The van der Waals surface area contributed by atoms with Gasteiger partial charge in [0, 0.05) is 15.3 Å². The summed E-state index contributed by atoms with van der Waals surface area (Å²) in [6, 6.07) is 4.95. The van der Waals surface area contributed by atoms with Crippen LogP contribution in [0.1, 0.15) is 38.0 Å². The first-order chi connectivity index (χ1) is 14.0. The van der Waals surface area contributed by atoms with Crippen molar-refractivity contribution in [2.24, 2.45) is 5.92 Å². The van der Waals surface area contributed by atoms with Crippen LogP contribution < -0.4 is 10.0 Å². The predicted octanol–water partition coefficient (Wildman–Crippen LogP) is 4.22. The van der Waals surface area contributed by atoms with Gasteiger partial charge in [-0.15, -0.1) is 0 Å². The number of sulfonamides is 1. The standard InChI is InChI=1S/C18H25Cl2N5O3S2/c1-10(2)7-13(9-26)21-16-22-17(25-30(4,27)28)24-18(23-16)29-11(3)14-6-5-12(19)8-15(14)20/h5-6,8,10-11,13,26H,7,9H2,1-4H3,(H2,21,22,23,24,25)/t11?,13-/m1/s1. The number of halogens is 2. The van der Waals surface area contributed by atoms with Crippen LogP contribution >= 0.6 is 35.0 Å². The lowest BCUT2D eigenvalue weighted by Crippen LogP contribution is -2.27. The van der Waals surface area contributed by atoms with Crippen molar-refractivity contribution in [3.05, 3.63) is 33.8 Å². The minimum absolute atomic E-state index is 0.104. The van der Waals surface area contributed by atoms with Crippen LogP contribution in [-0.4, -0.2) is 47.4 Å². The lowest BCUT2D eigenvalue weighted by atomic mass is 10.0. The lowest BCUT2D eigenvalue weighted by molar-refractivity contribution is 0.259. The monoisotopic (exact) mass is 493 g/mol. The maximum Gasteiger partial charge on any atom is 0.242 e. The quantitative estimate of drug-likeness (QED) is 0.421. The maximum atomic E-state index is 11.7. The highest BCUT2D eigenvalue weighted by Crippen LogP contribution is 2.37. The molecule has 3 N–H and O–H groups in total. The molecule has 166 valence electrons. The van der Waals surface area contributed by atoms with Crippen LogP contribution in [0.4, 0.5) is 11.9 Å². The molecule has 0 aliphatic heterocycles. The van der Waals surface area contributed by atoms with Gasteiger partial charge in [0.15, 0.2) is 5.16 Å². The topological polar surface area (TPSA) is 117 Å². The Bertz CT molecular complexity index is 976. The Morgan fingerprint density at radius 1 is 1.13 bits per heavy atom. The van der Waals surface area contributed by atoms with E-state index >= 15 is 0 Å². The molecule has 2 atom stereocenters. The zero-order valence-corrected chi connectivity index (χ0v) is 20.2. The van der Waals surface area contributed by atoms with Crippen molar-refractivity contribution >= 4 is 56.9 Å². The van der Waals surface area contributed by atoms with E-state index in [4.69, 9.17) is 23.2 Å². The number of nitrogens with one attached hydrogen (secondary N) is 2. The fourth-order valence-electron chi connectivity index (χ4n) is 2.67. The SMILES string of the molecule is CC(C)C[C@H](CO)Nc1nc(NS(C)(=O)=O)nc(SC(C)c2ccc(Cl)cc2Cl)n1. The van der Waals surface area contributed by atoms with Gasteiger partial charge in [-0.1, -0.05) is 54.9 Å². The number of hydrogen-bond acceptors (Lipinski definition) is 8. The van der Waals surface area contributed by atoms with Crippen molar-refractivity contribution in [1.82, 2.24) is 15.0 Å². The molecule has 2 rings (SSSR count). The molecular weight excluding hydrogens is 469 g/mol. The lowest BCUT2D eigenvalue weighted by Gasteiger charge is -2.19. The Kier molecular flexibility index (Phi) is 8.98. The highest BCUT2D eigenvalue weighted by molar-refractivity contribution is 7.99. The summed E-state index contributed by atoms with van der Waals surface area (Å²) in [5.41, 5.74) is 0.839. The van der Waals surface area contributed by atoms with Crippen molar-refractivity contribution in [3.63, 3.8) is 0 Å². The fourth-order valence-corrected chi connectivity index (χ4v) is 4.66. The molecular formula is C18H25Cl2N5O3S2. The Hall–Kier alpha value is -1.33. The number of aliphatic hydroxyl groups is 1.